The molecule has 1 rings (SSSR count). The lowest BCUT2D eigenvalue weighted by atomic mass is 10.2. The fraction of sp³-hybridized carbons (Fsp3) is 0.636. The largest absolute Gasteiger partial charge is 0.367 e. The van der Waals surface area contributed by atoms with E-state index in [2.05, 4.69) is 28.5 Å². The summed E-state index contributed by atoms with van der Waals surface area (Å²) in [6, 6.07) is 1.85. The van der Waals surface area contributed by atoms with E-state index in [-0.39, 0.29) is 5.56 Å². The van der Waals surface area contributed by atoms with Crippen LogP contribution in [0, 0.1) is 0 Å². The van der Waals surface area contributed by atoms with Gasteiger partial charge in [-0.1, -0.05) is 6.92 Å². The summed E-state index contributed by atoms with van der Waals surface area (Å²) < 4.78 is 0. The quantitative estimate of drug-likeness (QED) is 0.798. The molecule has 0 spiro atoms. The number of aromatic nitrogens is 2. The molecule has 0 saturated heterocycles. The van der Waals surface area contributed by atoms with Gasteiger partial charge in [-0.05, 0) is 25.4 Å². The second-order valence-electron chi connectivity index (χ2n) is 3.76. The summed E-state index contributed by atoms with van der Waals surface area (Å²) in [5, 5.41) is 3.25. The second kappa shape index (κ2) is 6.58. The second-order valence-corrected chi connectivity index (χ2v) is 4.74. The molecule has 90 valence electrons. The van der Waals surface area contributed by atoms with Gasteiger partial charge in [-0.15, -0.1) is 0 Å². The summed E-state index contributed by atoms with van der Waals surface area (Å²) in [6.45, 7) is 4.07. The molecule has 5 heteroatoms. The zero-order valence-electron chi connectivity index (χ0n) is 10.0. The molecule has 1 aromatic rings. The van der Waals surface area contributed by atoms with E-state index < -0.39 is 0 Å². The van der Waals surface area contributed by atoms with Crippen LogP contribution in [0.3, 0.4) is 0 Å². The Hall–Kier alpha value is -0.970. The number of H-pyrrole nitrogens is 1. The first-order chi connectivity index (χ1) is 7.65. The molecule has 1 aromatic heterocycles. The number of aromatic amines is 1. The fourth-order valence-electron chi connectivity index (χ4n) is 1.37. The molecule has 1 unspecified atom stereocenters. The van der Waals surface area contributed by atoms with Gasteiger partial charge in [0, 0.05) is 18.5 Å². The van der Waals surface area contributed by atoms with E-state index >= 15 is 0 Å². The van der Waals surface area contributed by atoms with E-state index in [1.165, 1.54) is 6.07 Å². The molecule has 0 fully saturated rings. The Bertz CT molecular complexity index is 378. The normalized spacial score (nSPS) is 12.4. The zero-order valence-corrected chi connectivity index (χ0v) is 10.9. The lowest BCUT2D eigenvalue weighted by Gasteiger charge is -2.13. The molecule has 1 heterocycles. The molecule has 0 aliphatic heterocycles. The van der Waals surface area contributed by atoms with Gasteiger partial charge in [-0.2, -0.15) is 11.8 Å². The topological polar surface area (TPSA) is 57.8 Å². The number of rotatable bonds is 6. The first-order valence-corrected chi connectivity index (χ1v) is 6.90. The van der Waals surface area contributed by atoms with Crippen LogP contribution in [0.4, 0.5) is 5.82 Å². The average Bonchev–Trinajstić information content (AvgIpc) is 2.25. The van der Waals surface area contributed by atoms with Gasteiger partial charge < -0.3 is 10.3 Å². The summed E-state index contributed by atoms with van der Waals surface area (Å²) in [7, 11) is 0. The number of hydrogen-bond donors (Lipinski definition) is 2. The lowest BCUT2D eigenvalue weighted by molar-refractivity contribution is 0.761. The maximum Gasteiger partial charge on any atom is 0.252 e. The Balaban J connectivity index is 2.65. The number of aryl methyl sites for hydroxylation is 1. The highest BCUT2D eigenvalue weighted by Crippen LogP contribution is 2.06. The van der Waals surface area contributed by atoms with E-state index in [0.29, 0.717) is 11.9 Å². The highest BCUT2D eigenvalue weighted by Gasteiger charge is 2.04. The van der Waals surface area contributed by atoms with Gasteiger partial charge >= 0.3 is 0 Å². The van der Waals surface area contributed by atoms with Crippen LogP contribution in [0.25, 0.3) is 0 Å². The summed E-state index contributed by atoms with van der Waals surface area (Å²) in [5.74, 6) is 2.51. The molecule has 0 radical (unpaired) electrons. The van der Waals surface area contributed by atoms with Crippen molar-refractivity contribution < 1.29 is 0 Å². The van der Waals surface area contributed by atoms with Crippen molar-refractivity contribution in [2.75, 3.05) is 17.3 Å². The van der Waals surface area contributed by atoms with Gasteiger partial charge in [-0.3, -0.25) is 4.79 Å². The molecule has 0 aromatic carbocycles. The van der Waals surface area contributed by atoms with Crippen LogP contribution < -0.4 is 10.9 Å². The Morgan fingerprint density at radius 2 is 2.38 bits per heavy atom. The molecule has 0 aliphatic carbocycles. The Labute approximate surface area is 100 Å². The minimum absolute atomic E-state index is 0.0913. The van der Waals surface area contributed by atoms with Crippen molar-refractivity contribution in [1.82, 2.24) is 9.97 Å². The Morgan fingerprint density at radius 3 is 3.00 bits per heavy atom. The van der Waals surface area contributed by atoms with Crippen LogP contribution in [0.5, 0.6) is 0 Å². The summed E-state index contributed by atoms with van der Waals surface area (Å²) >= 11 is 1.82. The van der Waals surface area contributed by atoms with E-state index in [9.17, 15) is 4.79 Å². The third-order valence-electron chi connectivity index (χ3n) is 2.27. The first kappa shape index (κ1) is 13.1. The molecule has 4 nitrogen and oxygen atoms in total. The average molecular weight is 241 g/mol. The molecule has 2 N–H and O–H groups in total. The highest BCUT2D eigenvalue weighted by atomic mass is 32.2. The van der Waals surface area contributed by atoms with Crippen molar-refractivity contribution in [2.24, 2.45) is 0 Å². The number of nitrogens with zero attached hydrogens (tertiary/aromatic N) is 1. The molecule has 1 atom stereocenters. The van der Waals surface area contributed by atoms with Crippen molar-refractivity contribution in [3.63, 3.8) is 0 Å². The van der Waals surface area contributed by atoms with Crippen molar-refractivity contribution in [3.8, 4) is 0 Å². The van der Waals surface area contributed by atoms with Gasteiger partial charge in [-0.25, -0.2) is 4.98 Å². The van der Waals surface area contributed by atoms with Gasteiger partial charge in [0.15, 0.2) is 0 Å². The van der Waals surface area contributed by atoms with E-state index in [1.54, 1.807) is 0 Å². The zero-order chi connectivity index (χ0) is 12.0. The van der Waals surface area contributed by atoms with E-state index in [1.807, 2.05) is 18.7 Å². The lowest BCUT2D eigenvalue weighted by Crippen LogP contribution is -2.20. The Morgan fingerprint density at radius 1 is 1.62 bits per heavy atom. The predicted molar refractivity (Wildman–Crippen MR) is 70.3 cm³/mol. The first-order valence-electron chi connectivity index (χ1n) is 5.51. The van der Waals surface area contributed by atoms with Gasteiger partial charge in [0.1, 0.15) is 11.6 Å². The molecular weight excluding hydrogens is 222 g/mol. The summed E-state index contributed by atoms with van der Waals surface area (Å²) in [5.41, 5.74) is -0.0913. The molecule has 16 heavy (non-hydrogen) atoms. The number of hydrogen-bond acceptors (Lipinski definition) is 4. The third-order valence-corrected chi connectivity index (χ3v) is 2.92. The highest BCUT2D eigenvalue weighted by molar-refractivity contribution is 7.98. The van der Waals surface area contributed by atoms with Crippen LogP contribution in [0.15, 0.2) is 10.9 Å². The maximum absolute atomic E-state index is 11.3. The molecular formula is C11H19N3OS. The minimum atomic E-state index is -0.0913. The fourth-order valence-corrected chi connectivity index (χ4v) is 1.96. The number of anilines is 1. The van der Waals surface area contributed by atoms with Crippen LogP contribution in [-0.2, 0) is 6.42 Å². The van der Waals surface area contributed by atoms with Crippen molar-refractivity contribution in [1.29, 1.82) is 0 Å². The van der Waals surface area contributed by atoms with Crippen LogP contribution in [0.2, 0.25) is 0 Å². The van der Waals surface area contributed by atoms with E-state index in [4.69, 9.17) is 0 Å². The Kier molecular flexibility index (Phi) is 5.38. The van der Waals surface area contributed by atoms with Crippen LogP contribution in [-0.4, -0.2) is 28.0 Å². The molecule has 0 saturated carbocycles. The van der Waals surface area contributed by atoms with E-state index in [0.717, 1.165) is 24.4 Å². The van der Waals surface area contributed by atoms with Crippen LogP contribution >= 0.6 is 11.8 Å². The van der Waals surface area contributed by atoms with Gasteiger partial charge in [0.05, 0.1) is 0 Å². The minimum Gasteiger partial charge on any atom is -0.367 e. The number of nitrogens with one attached hydrogen (secondary N) is 2. The summed E-state index contributed by atoms with van der Waals surface area (Å²) in [4.78, 5) is 18.4. The summed E-state index contributed by atoms with van der Waals surface area (Å²) in [6.07, 6.45) is 3.90. The third kappa shape index (κ3) is 4.26. The maximum atomic E-state index is 11.3. The SMILES string of the molecule is CCc1nc(NC(C)CCSC)cc(=O)[nH]1. The van der Waals surface area contributed by atoms with Crippen molar-refractivity contribution in [3.05, 3.63) is 22.2 Å². The van der Waals surface area contributed by atoms with Crippen LogP contribution in [0.1, 0.15) is 26.1 Å². The molecule has 0 bridgehead atoms. The van der Waals surface area contributed by atoms with Gasteiger partial charge in [0.2, 0.25) is 0 Å². The molecule has 0 aliphatic rings. The predicted octanol–water partition coefficient (Wildman–Crippen LogP) is 1.89. The number of thioether (sulfide) groups is 1. The monoisotopic (exact) mass is 241 g/mol. The van der Waals surface area contributed by atoms with Gasteiger partial charge in [0.25, 0.3) is 5.56 Å². The molecule has 0 amide bonds. The smallest absolute Gasteiger partial charge is 0.252 e. The van der Waals surface area contributed by atoms with Crippen molar-refractivity contribution >= 4 is 17.6 Å². The standard InChI is InChI=1S/C11H19N3OS/c1-4-9-13-10(7-11(15)14-9)12-8(2)5-6-16-3/h7-8H,4-6H2,1-3H3,(H2,12,13,14,15). The van der Waals surface area contributed by atoms with Crippen molar-refractivity contribution in [2.45, 2.75) is 32.7 Å².